The Balaban J connectivity index is 1.79. The van der Waals surface area contributed by atoms with E-state index in [0.717, 1.165) is 22.1 Å². The van der Waals surface area contributed by atoms with E-state index in [1.54, 1.807) is 42.4 Å². The molecular weight excluding hydrogens is 336 g/mol. The molecule has 1 N–H and O–H groups in total. The molecule has 3 aromatic rings. The first-order valence-corrected chi connectivity index (χ1v) is 8.57. The van der Waals surface area contributed by atoms with Crippen LogP contribution in [0.25, 0.3) is 11.4 Å². The van der Waals surface area contributed by atoms with Crippen molar-refractivity contribution in [2.45, 2.75) is 17.5 Å². The van der Waals surface area contributed by atoms with E-state index >= 15 is 0 Å². The molecule has 126 valence electrons. The highest BCUT2D eigenvalue weighted by Crippen LogP contribution is 2.26. The highest BCUT2D eigenvalue weighted by Gasteiger charge is 2.13. The van der Waals surface area contributed by atoms with Crippen molar-refractivity contribution >= 4 is 17.7 Å². The molecule has 7 heteroatoms. The molecule has 0 fully saturated rings. The van der Waals surface area contributed by atoms with Crippen molar-refractivity contribution < 1.29 is 9.90 Å². The van der Waals surface area contributed by atoms with Gasteiger partial charge in [-0.1, -0.05) is 30.0 Å². The smallest absolute Gasteiger partial charge is 0.335 e. The van der Waals surface area contributed by atoms with E-state index in [4.69, 9.17) is 5.11 Å². The summed E-state index contributed by atoms with van der Waals surface area (Å²) in [5, 5.41) is 18.3. The van der Waals surface area contributed by atoms with Crippen LogP contribution in [0.3, 0.4) is 0 Å². The zero-order valence-corrected chi connectivity index (χ0v) is 14.2. The zero-order chi connectivity index (χ0) is 17.6. The molecule has 6 nitrogen and oxygen atoms in total. The summed E-state index contributed by atoms with van der Waals surface area (Å²) in [5.74, 6) is 0.517. The predicted molar refractivity (Wildman–Crippen MR) is 96.4 cm³/mol. The molecule has 0 unspecified atom stereocenters. The van der Waals surface area contributed by atoms with Crippen LogP contribution in [0.1, 0.15) is 15.9 Å². The van der Waals surface area contributed by atoms with Gasteiger partial charge in [-0.15, -0.1) is 16.8 Å². The first-order valence-electron chi connectivity index (χ1n) is 7.58. The van der Waals surface area contributed by atoms with Crippen LogP contribution in [0.2, 0.25) is 0 Å². The SMILES string of the molecule is C=CCn1c(SCc2ccc(C(=O)O)cc2)nnc1-c1ccncc1. The van der Waals surface area contributed by atoms with Crippen molar-refractivity contribution in [1.82, 2.24) is 19.7 Å². The Labute approximate surface area is 149 Å². The van der Waals surface area contributed by atoms with Gasteiger partial charge in [-0.3, -0.25) is 9.55 Å². The number of rotatable bonds is 7. The van der Waals surface area contributed by atoms with E-state index in [2.05, 4.69) is 21.8 Å². The third-order valence-corrected chi connectivity index (χ3v) is 4.57. The summed E-state index contributed by atoms with van der Waals surface area (Å²) >= 11 is 1.55. The number of carbonyl (C=O) groups is 1. The third kappa shape index (κ3) is 3.95. The molecule has 0 saturated carbocycles. The van der Waals surface area contributed by atoms with Gasteiger partial charge in [-0.2, -0.15) is 0 Å². The summed E-state index contributed by atoms with van der Waals surface area (Å²) < 4.78 is 2.00. The molecule has 2 heterocycles. The number of thioether (sulfide) groups is 1. The molecule has 0 amide bonds. The van der Waals surface area contributed by atoms with E-state index in [1.807, 2.05) is 28.8 Å². The van der Waals surface area contributed by atoms with E-state index < -0.39 is 5.97 Å². The molecule has 0 aliphatic heterocycles. The van der Waals surface area contributed by atoms with Gasteiger partial charge in [0.05, 0.1) is 5.56 Å². The van der Waals surface area contributed by atoms with Gasteiger partial charge in [0, 0.05) is 30.3 Å². The molecule has 3 rings (SSSR count). The van der Waals surface area contributed by atoms with Gasteiger partial charge < -0.3 is 5.11 Å². The van der Waals surface area contributed by atoms with Gasteiger partial charge >= 0.3 is 5.97 Å². The normalized spacial score (nSPS) is 10.6. The fourth-order valence-electron chi connectivity index (χ4n) is 2.30. The number of carboxylic acids is 1. The van der Waals surface area contributed by atoms with Crippen molar-refractivity contribution in [2.24, 2.45) is 0 Å². The second-order valence-electron chi connectivity index (χ2n) is 5.23. The summed E-state index contributed by atoms with van der Waals surface area (Å²) in [4.78, 5) is 14.9. The van der Waals surface area contributed by atoms with Crippen LogP contribution in [0.5, 0.6) is 0 Å². The Hall–Kier alpha value is -2.93. The maximum absolute atomic E-state index is 10.9. The lowest BCUT2D eigenvalue weighted by Crippen LogP contribution is -2.01. The topological polar surface area (TPSA) is 80.9 Å². The fourth-order valence-corrected chi connectivity index (χ4v) is 3.20. The summed E-state index contributed by atoms with van der Waals surface area (Å²) in [6.45, 7) is 4.40. The standard InChI is InChI=1S/C18H16N4O2S/c1-2-11-22-16(14-7-9-19-10-8-14)20-21-18(22)25-12-13-3-5-15(6-4-13)17(23)24/h2-10H,1,11-12H2,(H,23,24). The number of carboxylic acid groups (broad SMARTS) is 1. The van der Waals surface area contributed by atoms with Crippen molar-refractivity contribution in [1.29, 1.82) is 0 Å². The van der Waals surface area contributed by atoms with Gasteiger partial charge in [-0.05, 0) is 29.8 Å². The van der Waals surface area contributed by atoms with Crippen LogP contribution in [0.15, 0.2) is 66.6 Å². The van der Waals surface area contributed by atoms with Crippen LogP contribution in [-0.2, 0) is 12.3 Å². The van der Waals surface area contributed by atoms with Crippen LogP contribution in [-0.4, -0.2) is 30.8 Å². The molecule has 0 aliphatic rings. The molecule has 1 aromatic carbocycles. The number of benzene rings is 1. The van der Waals surface area contributed by atoms with Gasteiger partial charge in [0.1, 0.15) is 0 Å². The maximum atomic E-state index is 10.9. The molecule has 0 spiro atoms. The summed E-state index contributed by atoms with van der Waals surface area (Å²) in [6, 6.07) is 10.6. The van der Waals surface area contributed by atoms with Crippen LogP contribution in [0, 0.1) is 0 Å². The fraction of sp³-hybridized carbons (Fsp3) is 0.111. The van der Waals surface area contributed by atoms with Crippen molar-refractivity contribution in [3.05, 3.63) is 72.6 Å². The Bertz CT molecular complexity index is 876. The quantitative estimate of drug-likeness (QED) is 0.518. The molecule has 25 heavy (non-hydrogen) atoms. The number of aromatic nitrogens is 4. The number of nitrogens with zero attached hydrogens (tertiary/aromatic N) is 4. The lowest BCUT2D eigenvalue weighted by Gasteiger charge is -2.07. The lowest BCUT2D eigenvalue weighted by atomic mass is 10.1. The number of hydrogen-bond donors (Lipinski definition) is 1. The molecule has 0 saturated heterocycles. The van der Waals surface area contributed by atoms with Crippen molar-refractivity contribution in [3.63, 3.8) is 0 Å². The Morgan fingerprint density at radius 2 is 1.88 bits per heavy atom. The minimum Gasteiger partial charge on any atom is -0.478 e. The Morgan fingerprint density at radius 3 is 2.52 bits per heavy atom. The number of allylic oxidation sites excluding steroid dienone is 1. The van der Waals surface area contributed by atoms with E-state index in [9.17, 15) is 4.79 Å². The number of aromatic carboxylic acids is 1. The van der Waals surface area contributed by atoms with E-state index in [1.165, 1.54) is 0 Å². The van der Waals surface area contributed by atoms with Crippen LogP contribution in [0.4, 0.5) is 0 Å². The highest BCUT2D eigenvalue weighted by atomic mass is 32.2. The predicted octanol–water partition coefficient (Wildman–Crippen LogP) is 3.52. The molecule has 0 atom stereocenters. The first-order chi connectivity index (χ1) is 12.2. The highest BCUT2D eigenvalue weighted by molar-refractivity contribution is 7.98. The molecule has 0 radical (unpaired) electrons. The molecule has 0 bridgehead atoms. The Kier molecular flexibility index (Phi) is 5.25. The second kappa shape index (κ2) is 7.76. The summed E-state index contributed by atoms with van der Waals surface area (Å²) in [7, 11) is 0. The van der Waals surface area contributed by atoms with E-state index in [0.29, 0.717) is 12.3 Å². The zero-order valence-electron chi connectivity index (χ0n) is 13.4. The van der Waals surface area contributed by atoms with Gasteiger partial charge in [0.25, 0.3) is 0 Å². The third-order valence-electron chi connectivity index (χ3n) is 3.54. The largest absolute Gasteiger partial charge is 0.478 e. The first kappa shape index (κ1) is 16.9. The average molecular weight is 352 g/mol. The van der Waals surface area contributed by atoms with Gasteiger partial charge in [0.15, 0.2) is 11.0 Å². The summed E-state index contributed by atoms with van der Waals surface area (Å²) in [5.41, 5.74) is 2.25. The lowest BCUT2D eigenvalue weighted by molar-refractivity contribution is 0.0697. The van der Waals surface area contributed by atoms with Gasteiger partial charge in [0.2, 0.25) is 0 Å². The average Bonchev–Trinajstić information content (AvgIpc) is 3.04. The number of hydrogen-bond acceptors (Lipinski definition) is 5. The van der Waals surface area contributed by atoms with Crippen LogP contribution >= 0.6 is 11.8 Å². The minimum absolute atomic E-state index is 0.281. The Morgan fingerprint density at radius 1 is 1.16 bits per heavy atom. The van der Waals surface area contributed by atoms with E-state index in [-0.39, 0.29) is 5.56 Å². The molecule has 0 aliphatic carbocycles. The monoisotopic (exact) mass is 352 g/mol. The van der Waals surface area contributed by atoms with Crippen LogP contribution < -0.4 is 0 Å². The minimum atomic E-state index is -0.924. The van der Waals surface area contributed by atoms with Crippen molar-refractivity contribution in [2.75, 3.05) is 0 Å². The van der Waals surface area contributed by atoms with Gasteiger partial charge in [-0.25, -0.2) is 4.79 Å². The maximum Gasteiger partial charge on any atom is 0.335 e. The van der Waals surface area contributed by atoms with Crippen molar-refractivity contribution in [3.8, 4) is 11.4 Å². The summed E-state index contributed by atoms with van der Waals surface area (Å²) in [6.07, 6.45) is 5.25. The molecular formula is C18H16N4O2S. The number of pyridine rings is 1. The molecule has 2 aromatic heterocycles. The second-order valence-corrected chi connectivity index (χ2v) is 6.17.